The van der Waals surface area contributed by atoms with Gasteiger partial charge in [0.1, 0.15) is 0 Å². The van der Waals surface area contributed by atoms with E-state index in [1.165, 1.54) is 32.1 Å². The Morgan fingerprint density at radius 2 is 2.00 bits per heavy atom. The van der Waals surface area contributed by atoms with Crippen molar-refractivity contribution < 1.29 is 0 Å². The zero-order valence-corrected chi connectivity index (χ0v) is 7.79. The number of hydrogen-bond acceptors (Lipinski definition) is 1. The summed E-state index contributed by atoms with van der Waals surface area (Å²) in [6.45, 7) is 2.24. The van der Waals surface area contributed by atoms with Crippen LogP contribution in [0.25, 0.3) is 0 Å². The standard InChI is InChI=1S/C10H17N2/c1-2-3-4-5-6-7-10-8-9-11-12-10/h8-9H,2-7H2,1H3. The van der Waals surface area contributed by atoms with E-state index in [4.69, 9.17) is 0 Å². The van der Waals surface area contributed by atoms with Crippen molar-refractivity contribution in [3.05, 3.63) is 12.3 Å². The second kappa shape index (κ2) is 5.81. The highest BCUT2D eigenvalue weighted by atomic mass is 15.3. The first kappa shape index (κ1) is 9.30. The maximum atomic E-state index is 3.98. The third-order valence-corrected chi connectivity index (χ3v) is 2.06. The maximum absolute atomic E-state index is 3.98. The Labute approximate surface area is 74.7 Å². The van der Waals surface area contributed by atoms with E-state index in [1.54, 1.807) is 6.20 Å². The summed E-state index contributed by atoms with van der Waals surface area (Å²) >= 11 is 0. The van der Waals surface area contributed by atoms with E-state index in [2.05, 4.69) is 17.5 Å². The molecule has 67 valence electrons. The van der Waals surface area contributed by atoms with Gasteiger partial charge in [0.2, 0.25) is 0 Å². The van der Waals surface area contributed by atoms with Crippen LogP contribution in [0.3, 0.4) is 0 Å². The second-order valence-electron chi connectivity index (χ2n) is 3.19. The predicted molar refractivity (Wildman–Crippen MR) is 52.1 cm³/mol. The minimum atomic E-state index is 1.10. The van der Waals surface area contributed by atoms with Gasteiger partial charge in [-0.15, -0.1) is 0 Å². The van der Waals surface area contributed by atoms with Gasteiger partial charge < -0.3 is 0 Å². The van der Waals surface area contributed by atoms with Gasteiger partial charge in [-0.05, 0) is 18.9 Å². The van der Waals surface area contributed by atoms with Gasteiger partial charge in [-0.1, -0.05) is 32.6 Å². The van der Waals surface area contributed by atoms with Crippen LogP contribution in [0.4, 0.5) is 0 Å². The maximum Gasteiger partial charge on any atom is 0.0646 e. The summed E-state index contributed by atoms with van der Waals surface area (Å²) in [4.78, 5) is 0. The minimum Gasteiger partial charge on any atom is -0.159 e. The Hall–Kier alpha value is -0.790. The number of rotatable bonds is 6. The van der Waals surface area contributed by atoms with Gasteiger partial charge in [-0.25, -0.2) is 0 Å². The number of unbranched alkanes of at least 4 members (excludes halogenated alkanes) is 4. The molecule has 0 atom stereocenters. The van der Waals surface area contributed by atoms with Crippen molar-refractivity contribution >= 4 is 5.71 Å². The predicted octanol–water partition coefficient (Wildman–Crippen LogP) is 2.83. The number of hydrogen-bond donors (Lipinski definition) is 0. The smallest absolute Gasteiger partial charge is 0.0646 e. The summed E-state index contributed by atoms with van der Waals surface area (Å²) in [5.74, 6) is 0. The van der Waals surface area contributed by atoms with E-state index in [0.717, 1.165) is 12.1 Å². The molecular weight excluding hydrogens is 148 g/mol. The monoisotopic (exact) mass is 165 g/mol. The fourth-order valence-corrected chi connectivity index (χ4v) is 1.30. The van der Waals surface area contributed by atoms with Crippen molar-refractivity contribution in [2.45, 2.75) is 45.4 Å². The summed E-state index contributed by atoms with van der Waals surface area (Å²) in [6, 6.07) is 0. The van der Waals surface area contributed by atoms with Crippen LogP contribution in [0.15, 0.2) is 17.4 Å². The largest absolute Gasteiger partial charge is 0.159 e. The zero-order chi connectivity index (χ0) is 8.65. The molecule has 0 saturated heterocycles. The van der Waals surface area contributed by atoms with E-state index in [-0.39, 0.29) is 0 Å². The SMILES string of the molecule is CCCCCCCC1=N[N]C=C1. The first-order valence-corrected chi connectivity index (χ1v) is 4.86. The normalized spacial score (nSPS) is 14.6. The van der Waals surface area contributed by atoms with Crippen LogP contribution < -0.4 is 5.43 Å². The number of allylic oxidation sites excluding steroid dienone is 1. The lowest BCUT2D eigenvalue weighted by Gasteiger charge is -1.97. The van der Waals surface area contributed by atoms with Crippen molar-refractivity contribution in [1.29, 1.82) is 0 Å². The van der Waals surface area contributed by atoms with Gasteiger partial charge in [-0.3, -0.25) is 0 Å². The molecule has 0 saturated carbocycles. The Morgan fingerprint density at radius 3 is 2.67 bits per heavy atom. The molecule has 0 aromatic carbocycles. The highest BCUT2D eigenvalue weighted by Gasteiger charge is 1.99. The molecule has 1 aliphatic rings. The molecular formula is C10H17N2. The molecule has 2 nitrogen and oxygen atoms in total. The minimum absolute atomic E-state index is 1.10. The van der Waals surface area contributed by atoms with E-state index in [0.29, 0.717) is 0 Å². The van der Waals surface area contributed by atoms with Crippen LogP contribution in [0, 0.1) is 0 Å². The molecule has 0 fully saturated rings. The van der Waals surface area contributed by atoms with Gasteiger partial charge in [-0.2, -0.15) is 10.5 Å². The van der Waals surface area contributed by atoms with E-state index in [9.17, 15) is 0 Å². The van der Waals surface area contributed by atoms with Crippen LogP contribution in [0.1, 0.15) is 45.4 Å². The van der Waals surface area contributed by atoms with Gasteiger partial charge in [0.15, 0.2) is 0 Å². The van der Waals surface area contributed by atoms with E-state index < -0.39 is 0 Å². The molecule has 12 heavy (non-hydrogen) atoms. The van der Waals surface area contributed by atoms with Gasteiger partial charge >= 0.3 is 0 Å². The molecule has 0 amide bonds. The fraction of sp³-hybridized carbons (Fsp3) is 0.700. The van der Waals surface area contributed by atoms with Gasteiger partial charge in [0.05, 0.1) is 11.9 Å². The quantitative estimate of drug-likeness (QED) is 0.541. The molecule has 0 aliphatic carbocycles. The third-order valence-electron chi connectivity index (χ3n) is 2.06. The first-order chi connectivity index (χ1) is 5.93. The molecule has 2 heteroatoms. The van der Waals surface area contributed by atoms with Gasteiger partial charge in [0, 0.05) is 0 Å². The Bertz CT molecular complexity index is 171. The average Bonchev–Trinajstić information content (AvgIpc) is 2.57. The average molecular weight is 165 g/mol. The van der Waals surface area contributed by atoms with E-state index in [1.807, 2.05) is 6.08 Å². The van der Waals surface area contributed by atoms with Crippen molar-refractivity contribution in [2.75, 3.05) is 0 Å². The lowest BCUT2D eigenvalue weighted by molar-refractivity contribution is 0.643. The summed E-state index contributed by atoms with van der Waals surface area (Å²) in [5, 5.41) is 3.98. The topological polar surface area (TPSA) is 26.5 Å². The highest BCUT2D eigenvalue weighted by molar-refractivity contribution is 5.95. The lowest BCUT2D eigenvalue weighted by Crippen LogP contribution is -1.91. The lowest BCUT2D eigenvalue weighted by atomic mass is 10.1. The van der Waals surface area contributed by atoms with Crippen LogP contribution >= 0.6 is 0 Å². The molecule has 0 aromatic rings. The fourth-order valence-electron chi connectivity index (χ4n) is 1.30. The molecule has 0 unspecified atom stereocenters. The summed E-state index contributed by atoms with van der Waals surface area (Å²) in [6.07, 6.45) is 11.5. The highest BCUT2D eigenvalue weighted by Crippen LogP contribution is 2.07. The summed E-state index contributed by atoms with van der Waals surface area (Å²) in [7, 11) is 0. The van der Waals surface area contributed by atoms with Crippen LogP contribution in [-0.4, -0.2) is 5.71 Å². The molecule has 1 radical (unpaired) electrons. The van der Waals surface area contributed by atoms with Crippen LogP contribution in [0.2, 0.25) is 0 Å². The van der Waals surface area contributed by atoms with Crippen molar-refractivity contribution in [3.8, 4) is 0 Å². The molecule has 0 N–H and O–H groups in total. The molecule has 0 aromatic heterocycles. The van der Waals surface area contributed by atoms with Crippen LogP contribution in [0.5, 0.6) is 0 Å². The third kappa shape index (κ3) is 3.56. The van der Waals surface area contributed by atoms with Gasteiger partial charge in [0.25, 0.3) is 0 Å². The van der Waals surface area contributed by atoms with E-state index >= 15 is 0 Å². The molecule has 1 rings (SSSR count). The molecule has 0 spiro atoms. The Kier molecular flexibility index (Phi) is 4.50. The zero-order valence-electron chi connectivity index (χ0n) is 7.79. The molecule has 1 aliphatic heterocycles. The van der Waals surface area contributed by atoms with Crippen LogP contribution in [-0.2, 0) is 0 Å². The summed E-state index contributed by atoms with van der Waals surface area (Å²) < 4.78 is 0. The number of nitrogens with zero attached hydrogens (tertiary/aromatic N) is 2. The Balaban J connectivity index is 1.92. The second-order valence-corrected chi connectivity index (χ2v) is 3.19. The Morgan fingerprint density at radius 1 is 1.17 bits per heavy atom. The molecule has 0 bridgehead atoms. The first-order valence-electron chi connectivity index (χ1n) is 4.86. The summed E-state index contributed by atoms with van der Waals surface area (Å²) in [5.41, 5.74) is 4.93. The van der Waals surface area contributed by atoms with Crippen molar-refractivity contribution in [2.24, 2.45) is 5.10 Å². The molecule has 1 heterocycles. The van der Waals surface area contributed by atoms with Crippen molar-refractivity contribution in [1.82, 2.24) is 5.43 Å². The van der Waals surface area contributed by atoms with Crippen molar-refractivity contribution in [3.63, 3.8) is 0 Å².